The molecule has 3 atom stereocenters. The van der Waals surface area contributed by atoms with Crippen LogP contribution in [-0.2, 0) is 14.8 Å². The minimum Gasteiger partial charge on any atom is -0.391 e. The molecule has 1 heterocycles. The Kier molecular flexibility index (Phi) is 5.04. The number of aliphatic hydroxyl groups is 1. The lowest BCUT2D eigenvalue weighted by Crippen LogP contribution is -2.50. The largest absolute Gasteiger partial charge is 0.391 e. The van der Waals surface area contributed by atoms with E-state index in [-0.39, 0.29) is 24.4 Å². The monoisotopic (exact) mass is 304 g/mol. The fraction of sp³-hybridized carbons (Fsp3) is 0.923. The highest BCUT2D eigenvalue weighted by molar-refractivity contribution is 7.88. The van der Waals surface area contributed by atoms with E-state index in [0.29, 0.717) is 19.4 Å². The molecule has 116 valence electrons. The molecule has 1 aliphatic heterocycles. The number of hydrogen-bond donors (Lipinski definition) is 2. The van der Waals surface area contributed by atoms with Crippen molar-refractivity contribution in [3.8, 4) is 0 Å². The molecule has 2 rings (SSSR count). The molecular formula is C13H24N2O4S. The second-order valence-corrected chi connectivity index (χ2v) is 7.91. The second kappa shape index (κ2) is 6.41. The van der Waals surface area contributed by atoms with E-state index in [1.165, 1.54) is 10.6 Å². The first-order chi connectivity index (χ1) is 9.38. The molecule has 6 nitrogen and oxygen atoms in total. The molecule has 7 heteroatoms. The number of carbonyl (C=O) groups is 1. The molecule has 0 aromatic heterocycles. The maximum atomic E-state index is 12.2. The smallest absolute Gasteiger partial charge is 0.224 e. The summed E-state index contributed by atoms with van der Waals surface area (Å²) in [7, 11) is -3.23. The first-order valence-electron chi connectivity index (χ1n) is 7.31. The average Bonchev–Trinajstić information content (AvgIpc) is 2.40. The molecule has 20 heavy (non-hydrogen) atoms. The number of rotatable bonds is 3. The molecule has 2 aliphatic rings. The van der Waals surface area contributed by atoms with Gasteiger partial charge in [-0.25, -0.2) is 12.7 Å². The summed E-state index contributed by atoms with van der Waals surface area (Å²) in [6.45, 7) is 0.752. The van der Waals surface area contributed by atoms with E-state index in [0.717, 1.165) is 25.7 Å². The third-order valence-corrected chi connectivity index (χ3v) is 5.55. The number of sulfonamides is 1. The summed E-state index contributed by atoms with van der Waals surface area (Å²) in [6.07, 6.45) is 5.67. The van der Waals surface area contributed by atoms with Crippen LogP contribution in [0.1, 0.15) is 38.5 Å². The number of amides is 1. The Labute approximate surface area is 120 Å². The summed E-state index contributed by atoms with van der Waals surface area (Å²) < 4.78 is 24.5. The van der Waals surface area contributed by atoms with Crippen LogP contribution in [0.15, 0.2) is 0 Å². The highest BCUT2D eigenvalue weighted by atomic mass is 32.2. The Bertz CT molecular complexity index is 451. The molecule has 2 fully saturated rings. The number of carbonyl (C=O) groups excluding carboxylic acids is 1. The van der Waals surface area contributed by atoms with E-state index in [2.05, 4.69) is 5.32 Å². The normalized spacial score (nSPS) is 32.8. The maximum Gasteiger partial charge on any atom is 0.224 e. The third-order valence-electron chi connectivity index (χ3n) is 4.28. The summed E-state index contributed by atoms with van der Waals surface area (Å²) in [4.78, 5) is 12.2. The van der Waals surface area contributed by atoms with E-state index in [9.17, 15) is 18.3 Å². The van der Waals surface area contributed by atoms with Crippen LogP contribution in [-0.4, -0.2) is 55.2 Å². The molecule has 0 spiro atoms. The van der Waals surface area contributed by atoms with Crippen LogP contribution in [0.2, 0.25) is 0 Å². The summed E-state index contributed by atoms with van der Waals surface area (Å²) in [5.74, 6) is -0.420. The summed E-state index contributed by atoms with van der Waals surface area (Å²) >= 11 is 0. The van der Waals surface area contributed by atoms with Crippen molar-refractivity contribution < 1.29 is 18.3 Å². The average molecular weight is 304 g/mol. The summed E-state index contributed by atoms with van der Waals surface area (Å²) in [6, 6.07) is -0.176. The number of nitrogens with one attached hydrogen (secondary N) is 1. The quantitative estimate of drug-likeness (QED) is 0.773. The van der Waals surface area contributed by atoms with Crippen molar-refractivity contribution in [1.29, 1.82) is 0 Å². The van der Waals surface area contributed by atoms with Crippen LogP contribution in [0.3, 0.4) is 0 Å². The minimum atomic E-state index is -3.23. The predicted octanol–water partition coefficient (Wildman–Crippen LogP) is 0.0777. The van der Waals surface area contributed by atoms with Crippen molar-refractivity contribution in [2.75, 3.05) is 19.3 Å². The van der Waals surface area contributed by atoms with Crippen LogP contribution < -0.4 is 5.32 Å². The zero-order chi connectivity index (χ0) is 14.8. The number of nitrogens with zero attached hydrogens (tertiary/aromatic N) is 1. The highest BCUT2D eigenvalue weighted by Gasteiger charge is 2.32. The van der Waals surface area contributed by atoms with E-state index >= 15 is 0 Å². The summed E-state index contributed by atoms with van der Waals surface area (Å²) in [5.41, 5.74) is 0. The molecule has 0 radical (unpaired) electrons. The van der Waals surface area contributed by atoms with Gasteiger partial charge in [0.25, 0.3) is 0 Å². The van der Waals surface area contributed by atoms with E-state index in [1.54, 1.807) is 0 Å². The Balaban J connectivity index is 1.91. The molecule has 0 bridgehead atoms. The lowest BCUT2D eigenvalue weighted by molar-refractivity contribution is -0.128. The van der Waals surface area contributed by atoms with Crippen molar-refractivity contribution in [1.82, 2.24) is 9.62 Å². The van der Waals surface area contributed by atoms with Crippen LogP contribution in [0.4, 0.5) is 0 Å². The van der Waals surface area contributed by atoms with Gasteiger partial charge in [-0.05, 0) is 25.7 Å². The predicted molar refractivity (Wildman–Crippen MR) is 75.5 cm³/mol. The fourth-order valence-corrected chi connectivity index (χ4v) is 3.95. The van der Waals surface area contributed by atoms with Gasteiger partial charge in [0.1, 0.15) is 0 Å². The number of piperidine rings is 1. The van der Waals surface area contributed by atoms with Crippen molar-refractivity contribution in [2.24, 2.45) is 5.92 Å². The van der Waals surface area contributed by atoms with Crippen LogP contribution >= 0.6 is 0 Å². The van der Waals surface area contributed by atoms with Gasteiger partial charge < -0.3 is 10.4 Å². The zero-order valence-electron chi connectivity index (χ0n) is 11.9. The standard InChI is InChI=1S/C13H24N2O4S/c1-20(18,19)15-8-4-5-10(9-15)13(17)14-11-6-2-3-7-12(11)16/h10-12,16H,2-9H2,1H3,(H,14,17)/t10?,11-,12-/m1/s1. The van der Waals surface area contributed by atoms with Gasteiger partial charge in [0.05, 0.1) is 24.3 Å². The molecule has 0 aromatic rings. The molecule has 1 amide bonds. The highest BCUT2D eigenvalue weighted by Crippen LogP contribution is 2.22. The second-order valence-electron chi connectivity index (χ2n) is 5.93. The van der Waals surface area contributed by atoms with Gasteiger partial charge in [-0.1, -0.05) is 12.8 Å². The summed E-state index contributed by atoms with van der Waals surface area (Å²) in [5, 5.41) is 12.8. The third kappa shape index (κ3) is 3.93. The van der Waals surface area contributed by atoms with E-state index < -0.39 is 16.1 Å². The van der Waals surface area contributed by atoms with Crippen LogP contribution in [0.25, 0.3) is 0 Å². The van der Waals surface area contributed by atoms with Gasteiger partial charge in [-0.3, -0.25) is 4.79 Å². The van der Waals surface area contributed by atoms with Crippen molar-refractivity contribution in [2.45, 2.75) is 50.7 Å². The molecule has 1 saturated carbocycles. The van der Waals surface area contributed by atoms with Gasteiger partial charge in [-0.15, -0.1) is 0 Å². The van der Waals surface area contributed by atoms with Gasteiger partial charge in [-0.2, -0.15) is 0 Å². The fourth-order valence-electron chi connectivity index (χ4n) is 3.04. The zero-order valence-corrected chi connectivity index (χ0v) is 12.7. The van der Waals surface area contributed by atoms with E-state index in [1.807, 2.05) is 0 Å². The first kappa shape index (κ1) is 15.7. The number of aliphatic hydroxyl groups excluding tert-OH is 1. The van der Waals surface area contributed by atoms with Crippen LogP contribution in [0.5, 0.6) is 0 Å². The minimum absolute atomic E-state index is 0.121. The molecule has 1 unspecified atom stereocenters. The molecule has 0 aromatic carbocycles. The molecule has 1 aliphatic carbocycles. The van der Waals surface area contributed by atoms with Gasteiger partial charge in [0.15, 0.2) is 0 Å². The van der Waals surface area contributed by atoms with Crippen molar-refractivity contribution >= 4 is 15.9 Å². The lowest BCUT2D eigenvalue weighted by Gasteiger charge is -2.33. The topological polar surface area (TPSA) is 86.7 Å². The number of hydrogen-bond acceptors (Lipinski definition) is 4. The van der Waals surface area contributed by atoms with Gasteiger partial charge in [0, 0.05) is 13.1 Å². The molecule has 2 N–H and O–H groups in total. The van der Waals surface area contributed by atoms with Crippen molar-refractivity contribution in [3.05, 3.63) is 0 Å². The molecule has 1 saturated heterocycles. The Morgan fingerprint density at radius 3 is 2.55 bits per heavy atom. The lowest BCUT2D eigenvalue weighted by atomic mass is 9.91. The maximum absolute atomic E-state index is 12.2. The Morgan fingerprint density at radius 1 is 1.20 bits per heavy atom. The van der Waals surface area contributed by atoms with E-state index in [4.69, 9.17) is 0 Å². The Morgan fingerprint density at radius 2 is 1.90 bits per heavy atom. The van der Waals surface area contributed by atoms with Gasteiger partial charge >= 0.3 is 0 Å². The SMILES string of the molecule is CS(=O)(=O)N1CCCC(C(=O)N[C@@H]2CCCC[C@H]2O)C1. The van der Waals surface area contributed by atoms with Crippen LogP contribution in [0, 0.1) is 5.92 Å². The Hall–Kier alpha value is -0.660. The first-order valence-corrected chi connectivity index (χ1v) is 9.16. The van der Waals surface area contributed by atoms with Gasteiger partial charge in [0.2, 0.25) is 15.9 Å². The molecular weight excluding hydrogens is 280 g/mol. The van der Waals surface area contributed by atoms with Crippen molar-refractivity contribution in [3.63, 3.8) is 0 Å².